The maximum Gasteiger partial charge on any atom is 0.256 e. The molecule has 0 unspecified atom stereocenters. The van der Waals surface area contributed by atoms with Crippen molar-refractivity contribution >= 4 is 51.4 Å². The second-order valence-electron chi connectivity index (χ2n) is 4.86. The summed E-state index contributed by atoms with van der Waals surface area (Å²) in [6.45, 7) is 0.169. The van der Waals surface area contributed by atoms with Gasteiger partial charge in [0.25, 0.3) is 5.91 Å². The van der Waals surface area contributed by atoms with Gasteiger partial charge in [0, 0.05) is 17.6 Å². The molecule has 2 N–H and O–H groups in total. The van der Waals surface area contributed by atoms with E-state index >= 15 is 0 Å². The number of thiophene rings is 1. The fraction of sp³-hybridized carbons (Fsp3) is 0.308. The van der Waals surface area contributed by atoms with Crippen LogP contribution in [0.15, 0.2) is 23.8 Å². The van der Waals surface area contributed by atoms with Gasteiger partial charge in [-0.05, 0) is 41.5 Å². The van der Waals surface area contributed by atoms with Crippen LogP contribution >= 0.6 is 33.9 Å². The monoisotopic (exact) mass is 416 g/mol. The normalized spacial score (nSPS) is 14.0. The van der Waals surface area contributed by atoms with Gasteiger partial charge in [0.2, 0.25) is 5.91 Å². The highest BCUT2D eigenvalue weighted by molar-refractivity contribution is 14.1. The Morgan fingerprint density at radius 2 is 2.29 bits per heavy atom. The van der Waals surface area contributed by atoms with Gasteiger partial charge in [-0.1, -0.05) is 0 Å². The van der Waals surface area contributed by atoms with Crippen LogP contribution in [0.1, 0.15) is 23.2 Å². The van der Waals surface area contributed by atoms with Crippen LogP contribution in [0.5, 0.6) is 0 Å². The topological polar surface area (TPSA) is 76.0 Å². The summed E-state index contributed by atoms with van der Waals surface area (Å²) in [5.41, 5.74) is 1.21. The molecular weight excluding hydrogens is 403 g/mol. The lowest BCUT2D eigenvalue weighted by molar-refractivity contribution is -0.122. The summed E-state index contributed by atoms with van der Waals surface area (Å²) in [7, 11) is 0. The number of carbonyl (C=O) groups excluding carboxylic acids is 2. The fourth-order valence-electron chi connectivity index (χ4n) is 1.80. The maximum absolute atomic E-state index is 12.0. The molecule has 0 bridgehead atoms. The molecule has 0 aliphatic heterocycles. The lowest BCUT2D eigenvalue weighted by atomic mass is 10.3. The molecule has 1 aliphatic carbocycles. The van der Waals surface area contributed by atoms with Gasteiger partial charge < -0.3 is 10.6 Å². The molecule has 1 aliphatic rings. The lowest BCUT2D eigenvalue weighted by Crippen LogP contribution is -2.29. The second kappa shape index (κ2) is 6.14. The van der Waals surface area contributed by atoms with Crippen LogP contribution in [0.3, 0.4) is 0 Å². The third-order valence-corrected chi connectivity index (χ3v) is 4.76. The quantitative estimate of drug-likeness (QED) is 0.733. The minimum absolute atomic E-state index is 0.0501. The predicted octanol–water partition coefficient (Wildman–Crippen LogP) is 2.08. The van der Waals surface area contributed by atoms with E-state index in [2.05, 4.69) is 38.3 Å². The van der Waals surface area contributed by atoms with Crippen LogP contribution in [-0.2, 0) is 11.3 Å². The van der Waals surface area contributed by atoms with Gasteiger partial charge in [-0.3, -0.25) is 14.3 Å². The molecule has 2 heterocycles. The van der Waals surface area contributed by atoms with E-state index in [-0.39, 0.29) is 18.4 Å². The minimum Gasteiger partial charge on any atom is -0.352 e. The molecule has 0 spiro atoms. The number of aromatic nitrogens is 2. The average molecular weight is 416 g/mol. The van der Waals surface area contributed by atoms with Gasteiger partial charge in [-0.15, -0.1) is 11.3 Å². The Balaban J connectivity index is 1.56. The number of hydrogen-bond donors (Lipinski definition) is 2. The summed E-state index contributed by atoms with van der Waals surface area (Å²) in [6.07, 6.45) is 5.32. The first-order valence-corrected chi connectivity index (χ1v) is 8.43. The first kappa shape index (κ1) is 14.5. The molecule has 0 saturated heterocycles. The van der Waals surface area contributed by atoms with Crippen molar-refractivity contribution in [1.29, 1.82) is 0 Å². The van der Waals surface area contributed by atoms with E-state index in [1.165, 1.54) is 16.0 Å². The Bertz CT molecular complexity index is 677. The molecule has 6 nitrogen and oxygen atoms in total. The highest BCUT2D eigenvalue weighted by atomic mass is 127. The molecule has 1 saturated carbocycles. The third-order valence-electron chi connectivity index (χ3n) is 2.97. The number of nitrogens with zero attached hydrogens (tertiary/aromatic N) is 2. The molecule has 2 aromatic heterocycles. The molecule has 0 aromatic carbocycles. The number of nitrogens with one attached hydrogen (secondary N) is 2. The van der Waals surface area contributed by atoms with Crippen molar-refractivity contribution in [1.82, 2.24) is 15.1 Å². The van der Waals surface area contributed by atoms with Crippen molar-refractivity contribution in [2.24, 2.45) is 0 Å². The summed E-state index contributed by atoms with van der Waals surface area (Å²) < 4.78 is 2.58. The van der Waals surface area contributed by atoms with Gasteiger partial charge in [0.05, 0.1) is 20.3 Å². The Hall–Kier alpha value is -1.42. The van der Waals surface area contributed by atoms with E-state index in [0.29, 0.717) is 17.3 Å². The largest absolute Gasteiger partial charge is 0.352 e. The van der Waals surface area contributed by atoms with Crippen molar-refractivity contribution in [3.8, 4) is 0 Å². The van der Waals surface area contributed by atoms with Crippen LogP contribution in [0.2, 0.25) is 0 Å². The van der Waals surface area contributed by atoms with Crippen molar-refractivity contribution in [3.63, 3.8) is 0 Å². The zero-order valence-electron chi connectivity index (χ0n) is 11.0. The van der Waals surface area contributed by atoms with E-state index in [1.807, 2.05) is 11.4 Å². The standard InChI is InChI=1S/C13H13IN4O2S/c14-11-3-8(7-21-11)13(20)17-10-4-15-18(5-10)6-12(19)16-9-1-2-9/h3-5,7,9H,1-2,6H2,(H,16,19)(H,17,20). The van der Waals surface area contributed by atoms with Crippen LogP contribution in [0.25, 0.3) is 0 Å². The summed E-state index contributed by atoms with van der Waals surface area (Å²) >= 11 is 3.69. The van der Waals surface area contributed by atoms with Gasteiger partial charge >= 0.3 is 0 Å². The van der Waals surface area contributed by atoms with Crippen LogP contribution in [-0.4, -0.2) is 27.6 Å². The van der Waals surface area contributed by atoms with E-state index in [4.69, 9.17) is 0 Å². The Labute approximate surface area is 139 Å². The van der Waals surface area contributed by atoms with E-state index < -0.39 is 0 Å². The molecule has 21 heavy (non-hydrogen) atoms. The molecule has 0 radical (unpaired) electrons. The molecule has 0 atom stereocenters. The Morgan fingerprint density at radius 3 is 2.95 bits per heavy atom. The molecule has 8 heteroatoms. The highest BCUT2D eigenvalue weighted by Gasteiger charge is 2.23. The van der Waals surface area contributed by atoms with Crippen LogP contribution < -0.4 is 10.6 Å². The first-order valence-electron chi connectivity index (χ1n) is 6.47. The van der Waals surface area contributed by atoms with E-state index in [9.17, 15) is 9.59 Å². The molecule has 110 valence electrons. The maximum atomic E-state index is 12.0. The number of halogens is 1. The van der Waals surface area contributed by atoms with Crippen molar-refractivity contribution in [2.75, 3.05) is 5.32 Å². The molecule has 1 fully saturated rings. The van der Waals surface area contributed by atoms with Crippen LogP contribution in [0.4, 0.5) is 5.69 Å². The smallest absolute Gasteiger partial charge is 0.256 e. The minimum atomic E-state index is -0.170. The van der Waals surface area contributed by atoms with Crippen molar-refractivity contribution < 1.29 is 9.59 Å². The van der Waals surface area contributed by atoms with Gasteiger partial charge in [0.1, 0.15) is 6.54 Å². The number of rotatable bonds is 5. The third kappa shape index (κ3) is 4.03. The van der Waals surface area contributed by atoms with Crippen molar-refractivity contribution in [3.05, 3.63) is 32.3 Å². The molecular formula is C13H13IN4O2S. The molecule has 2 aromatic rings. The first-order chi connectivity index (χ1) is 10.1. The number of carbonyl (C=O) groups is 2. The number of amides is 2. The zero-order valence-corrected chi connectivity index (χ0v) is 14.0. The summed E-state index contributed by atoms with van der Waals surface area (Å²) in [5.74, 6) is -0.220. The van der Waals surface area contributed by atoms with Gasteiger partial charge in [-0.25, -0.2) is 0 Å². The Kier molecular flexibility index (Phi) is 4.24. The summed E-state index contributed by atoms with van der Waals surface area (Å²) in [5, 5.41) is 11.6. The summed E-state index contributed by atoms with van der Waals surface area (Å²) in [4.78, 5) is 23.6. The van der Waals surface area contributed by atoms with E-state index in [1.54, 1.807) is 12.4 Å². The number of hydrogen-bond acceptors (Lipinski definition) is 4. The number of anilines is 1. The highest BCUT2D eigenvalue weighted by Crippen LogP contribution is 2.19. The average Bonchev–Trinajstić information content (AvgIpc) is 2.95. The van der Waals surface area contributed by atoms with Crippen molar-refractivity contribution in [2.45, 2.75) is 25.4 Å². The molecule has 2 amide bonds. The van der Waals surface area contributed by atoms with Gasteiger partial charge in [0.15, 0.2) is 0 Å². The SMILES string of the molecule is O=C(Cn1cc(NC(=O)c2csc(I)c2)cn1)NC1CC1. The fourth-order valence-corrected chi connectivity index (χ4v) is 3.12. The van der Waals surface area contributed by atoms with Crippen LogP contribution in [0, 0.1) is 2.88 Å². The van der Waals surface area contributed by atoms with Gasteiger partial charge in [-0.2, -0.15) is 5.10 Å². The molecule has 3 rings (SSSR count). The Morgan fingerprint density at radius 1 is 1.48 bits per heavy atom. The zero-order chi connectivity index (χ0) is 14.8. The lowest BCUT2D eigenvalue weighted by Gasteiger charge is -2.03. The summed E-state index contributed by atoms with van der Waals surface area (Å²) in [6, 6.07) is 2.17. The van der Waals surface area contributed by atoms with E-state index in [0.717, 1.165) is 15.7 Å². The predicted molar refractivity (Wildman–Crippen MR) is 88.4 cm³/mol. The second-order valence-corrected chi connectivity index (χ2v) is 7.67.